The van der Waals surface area contributed by atoms with Gasteiger partial charge in [-0.05, 0) is 26.3 Å². The minimum absolute atomic E-state index is 0.0597. The maximum atomic E-state index is 11.4. The number of hydrogen-bond acceptors (Lipinski definition) is 10. The summed E-state index contributed by atoms with van der Waals surface area (Å²) in [5.41, 5.74) is 1.10. The summed E-state index contributed by atoms with van der Waals surface area (Å²) in [6.07, 6.45) is 3.89. The number of amides is 1. The van der Waals surface area contributed by atoms with Gasteiger partial charge in [0.25, 0.3) is 0 Å². The van der Waals surface area contributed by atoms with E-state index in [0.717, 1.165) is 12.1 Å². The van der Waals surface area contributed by atoms with Crippen LogP contribution in [-0.2, 0) is 22.0 Å². The molecular formula is C26H29N9O4. The lowest BCUT2D eigenvalue weighted by atomic mass is 9.91. The molecule has 1 amide bonds. The number of imidazole rings is 1. The molecule has 0 bridgehead atoms. The molecule has 39 heavy (non-hydrogen) atoms. The van der Waals surface area contributed by atoms with Gasteiger partial charge in [0, 0.05) is 38.9 Å². The van der Waals surface area contributed by atoms with E-state index in [1.165, 1.54) is 19.3 Å². The molecule has 0 unspecified atom stereocenters. The number of aromatic nitrogens is 6. The molecule has 1 aliphatic rings. The molecule has 4 aromatic heterocycles. The quantitative estimate of drug-likeness (QED) is 0.343. The van der Waals surface area contributed by atoms with Crippen LogP contribution in [0.25, 0.3) is 11.2 Å². The van der Waals surface area contributed by atoms with Crippen molar-refractivity contribution in [3.63, 3.8) is 0 Å². The average Bonchev–Trinajstić information content (AvgIpc) is 3.64. The third-order valence-corrected chi connectivity index (χ3v) is 6.43. The van der Waals surface area contributed by atoms with Crippen molar-refractivity contribution in [2.75, 3.05) is 31.0 Å². The highest BCUT2D eigenvalue weighted by Crippen LogP contribution is 2.38. The van der Waals surface area contributed by atoms with Crippen molar-refractivity contribution in [1.82, 2.24) is 29.3 Å². The third-order valence-electron chi connectivity index (χ3n) is 6.43. The molecule has 0 spiro atoms. The lowest BCUT2D eigenvalue weighted by Gasteiger charge is -2.20. The Hall–Kier alpha value is -4.70. The van der Waals surface area contributed by atoms with E-state index in [9.17, 15) is 10.1 Å². The molecule has 0 saturated carbocycles. The monoisotopic (exact) mass is 531 g/mol. The van der Waals surface area contributed by atoms with Gasteiger partial charge in [0.15, 0.2) is 23.0 Å². The Bertz CT molecular complexity index is 1580. The number of nitriles is 1. The SMILES string of the molecule is COc1c(Oc2ccnc(NC(C)=O)c2)cnc2nc(Nc3cc(C(C)(C)C#N)n([C@@H]4CCOC4)n3)n(C)c12. The number of aryl methyl sites for hydroxylation is 1. The highest BCUT2D eigenvalue weighted by molar-refractivity contribution is 5.88. The van der Waals surface area contributed by atoms with Crippen molar-refractivity contribution in [3.05, 3.63) is 36.3 Å². The summed E-state index contributed by atoms with van der Waals surface area (Å²) in [7, 11) is 3.37. The van der Waals surface area contributed by atoms with E-state index in [1.54, 1.807) is 23.8 Å². The average molecular weight is 532 g/mol. The van der Waals surface area contributed by atoms with Crippen molar-refractivity contribution >= 4 is 34.7 Å². The van der Waals surface area contributed by atoms with Gasteiger partial charge in [-0.15, -0.1) is 0 Å². The zero-order valence-corrected chi connectivity index (χ0v) is 22.3. The topological polar surface area (TPSA) is 154 Å². The second-order valence-corrected chi connectivity index (χ2v) is 9.72. The Morgan fingerprint density at radius 3 is 2.79 bits per heavy atom. The number of carbonyl (C=O) groups excluding carboxylic acids is 1. The van der Waals surface area contributed by atoms with Crippen LogP contribution in [0.4, 0.5) is 17.6 Å². The molecule has 13 heteroatoms. The summed E-state index contributed by atoms with van der Waals surface area (Å²) in [5.74, 6) is 2.41. The van der Waals surface area contributed by atoms with Crippen molar-refractivity contribution < 1.29 is 19.0 Å². The van der Waals surface area contributed by atoms with Gasteiger partial charge >= 0.3 is 0 Å². The predicted octanol–water partition coefficient (Wildman–Crippen LogP) is 3.83. The van der Waals surface area contributed by atoms with Crippen LogP contribution in [0.1, 0.15) is 38.9 Å². The van der Waals surface area contributed by atoms with E-state index < -0.39 is 5.41 Å². The van der Waals surface area contributed by atoms with Gasteiger partial charge in [-0.3, -0.25) is 9.48 Å². The summed E-state index contributed by atoms with van der Waals surface area (Å²) in [6.45, 7) is 6.35. The zero-order valence-electron chi connectivity index (χ0n) is 22.3. The van der Waals surface area contributed by atoms with Crippen molar-refractivity contribution in [1.29, 1.82) is 5.26 Å². The number of fused-ring (bicyclic) bond motifs is 1. The van der Waals surface area contributed by atoms with E-state index in [2.05, 4.69) is 31.7 Å². The normalized spacial score (nSPS) is 15.2. The van der Waals surface area contributed by atoms with E-state index in [0.29, 0.717) is 59.2 Å². The molecule has 5 heterocycles. The third kappa shape index (κ3) is 5.06. The number of carbonyl (C=O) groups is 1. The second kappa shape index (κ2) is 10.2. The van der Waals surface area contributed by atoms with Crippen molar-refractivity contribution in [2.24, 2.45) is 7.05 Å². The second-order valence-electron chi connectivity index (χ2n) is 9.72. The number of anilines is 3. The highest BCUT2D eigenvalue weighted by atomic mass is 16.5. The molecule has 13 nitrogen and oxygen atoms in total. The van der Waals surface area contributed by atoms with Gasteiger partial charge in [0.1, 0.15) is 17.1 Å². The van der Waals surface area contributed by atoms with Crippen LogP contribution in [0.3, 0.4) is 0 Å². The molecule has 202 valence electrons. The fourth-order valence-electron chi connectivity index (χ4n) is 4.44. The minimum Gasteiger partial charge on any atom is -0.491 e. The number of methoxy groups -OCH3 is 1. The summed E-state index contributed by atoms with van der Waals surface area (Å²) in [5, 5.41) is 20.4. The van der Waals surface area contributed by atoms with Crippen LogP contribution in [0.2, 0.25) is 0 Å². The Morgan fingerprint density at radius 1 is 1.28 bits per heavy atom. The number of hydrogen-bond donors (Lipinski definition) is 2. The number of ether oxygens (including phenoxy) is 3. The molecule has 2 N–H and O–H groups in total. The summed E-state index contributed by atoms with van der Waals surface area (Å²) < 4.78 is 21.0. The Balaban J connectivity index is 1.48. The number of nitrogens with zero attached hydrogens (tertiary/aromatic N) is 7. The number of rotatable bonds is 8. The molecule has 0 aromatic carbocycles. The van der Waals surface area contributed by atoms with Crippen molar-refractivity contribution in [3.8, 4) is 23.3 Å². The number of pyridine rings is 2. The van der Waals surface area contributed by atoms with E-state index in [-0.39, 0.29) is 11.9 Å². The lowest BCUT2D eigenvalue weighted by Crippen LogP contribution is -2.23. The van der Waals surface area contributed by atoms with Gasteiger partial charge in [0.05, 0.1) is 43.1 Å². The lowest BCUT2D eigenvalue weighted by molar-refractivity contribution is -0.114. The Labute approximate surface area is 224 Å². The van der Waals surface area contributed by atoms with Crippen LogP contribution < -0.4 is 20.1 Å². The maximum Gasteiger partial charge on any atom is 0.222 e. The standard InChI is InChI=1S/C26H29N9O4/c1-15(36)30-20-10-17(6-8-28-20)39-18-12-29-24-22(23(18)37-5)34(4)25(32-24)31-21-11-19(26(2,3)14-27)35(33-21)16-7-9-38-13-16/h6,8,10-12,16H,7,9,13H2,1-5H3,(H,28,30,36)(H,29,31,32,33)/t16-/m1/s1. The van der Waals surface area contributed by atoms with E-state index in [1.807, 2.05) is 31.6 Å². The van der Waals surface area contributed by atoms with Gasteiger partial charge < -0.3 is 29.4 Å². The molecule has 4 aromatic rings. The summed E-state index contributed by atoms with van der Waals surface area (Å²) >= 11 is 0. The minimum atomic E-state index is -0.744. The first-order valence-electron chi connectivity index (χ1n) is 12.4. The van der Waals surface area contributed by atoms with Gasteiger partial charge in [-0.25, -0.2) is 9.97 Å². The molecular weight excluding hydrogens is 502 g/mol. The summed E-state index contributed by atoms with van der Waals surface area (Å²) in [4.78, 5) is 24.6. The van der Waals surface area contributed by atoms with Crippen LogP contribution in [0.5, 0.6) is 17.2 Å². The zero-order chi connectivity index (χ0) is 27.7. The first kappa shape index (κ1) is 25.9. The molecule has 0 aliphatic carbocycles. The highest BCUT2D eigenvalue weighted by Gasteiger charge is 2.31. The number of nitrogens with one attached hydrogen (secondary N) is 2. The molecule has 1 fully saturated rings. The molecule has 1 aliphatic heterocycles. The van der Waals surface area contributed by atoms with Crippen LogP contribution in [0.15, 0.2) is 30.6 Å². The van der Waals surface area contributed by atoms with Gasteiger partial charge in [-0.2, -0.15) is 15.3 Å². The smallest absolute Gasteiger partial charge is 0.222 e. The van der Waals surface area contributed by atoms with Crippen LogP contribution in [0, 0.1) is 11.3 Å². The fourth-order valence-corrected chi connectivity index (χ4v) is 4.44. The van der Waals surface area contributed by atoms with Crippen molar-refractivity contribution in [2.45, 2.75) is 38.6 Å². The summed E-state index contributed by atoms with van der Waals surface area (Å²) in [6, 6.07) is 7.57. The Kier molecular flexibility index (Phi) is 6.80. The largest absolute Gasteiger partial charge is 0.491 e. The molecule has 5 rings (SSSR count). The van der Waals surface area contributed by atoms with E-state index in [4.69, 9.17) is 19.3 Å². The maximum absolute atomic E-state index is 11.4. The van der Waals surface area contributed by atoms with Crippen LogP contribution in [-0.4, -0.2) is 55.5 Å². The Morgan fingerprint density at radius 2 is 2.10 bits per heavy atom. The molecule has 1 atom stereocenters. The fraction of sp³-hybridized carbons (Fsp3) is 0.385. The molecule has 1 saturated heterocycles. The van der Waals surface area contributed by atoms with Gasteiger partial charge in [0.2, 0.25) is 11.9 Å². The first-order chi connectivity index (χ1) is 18.7. The van der Waals surface area contributed by atoms with Crippen LogP contribution >= 0.6 is 0 Å². The van der Waals surface area contributed by atoms with Gasteiger partial charge in [-0.1, -0.05) is 0 Å². The molecule has 0 radical (unpaired) electrons. The van der Waals surface area contributed by atoms with E-state index >= 15 is 0 Å². The first-order valence-corrected chi connectivity index (χ1v) is 12.4. The predicted molar refractivity (Wildman–Crippen MR) is 142 cm³/mol.